The van der Waals surface area contributed by atoms with E-state index in [0.29, 0.717) is 6.42 Å². The first kappa shape index (κ1) is 36.8. The maximum atomic E-state index is 12.3. The van der Waals surface area contributed by atoms with E-state index in [1.165, 1.54) is 0 Å². The van der Waals surface area contributed by atoms with Crippen LogP contribution in [0.5, 0.6) is 0 Å². The Morgan fingerprint density at radius 1 is 0.568 bits per heavy atom. The van der Waals surface area contributed by atoms with E-state index in [4.69, 9.17) is 47.4 Å². The summed E-state index contributed by atoms with van der Waals surface area (Å²) in [5, 5.41) is 10.6. The van der Waals surface area contributed by atoms with Crippen molar-refractivity contribution in [3.8, 4) is 0 Å². The van der Waals surface area contributed by atoms with Crippen LogP contribution >= 0.6 is 0 Å². The average Bonchev–Trinajstić information content (AvgIpc) is 2.90. The lowest BCUT2D eigenvalue weighted by molar-refractivity contribution is -0.359. The van der Waals surface area contributed by atoms with Gasteiger partial charge < -0.3 is 52.5 Å². The van der Waals surface area contributed by atoms with Crippen LogP contribution in [0, 0.1) is 0 Å². The third-order valence-electron chi connectivity index (χ3n) is 6.12. The van der Waals surface area contributed by atoms with Gasteiger partial charge in [-0.05, 0) is 6.42 Å². The van der Waals surface area contributed by atoms with Gasteiger partial charge in [0.25, 0.3) is 0 Å². The van der Waals surface area contributed by atoms with Crippen molar-refractivity contribution in [2.24, 2.45) is 0 Å². The molecule has 0 saturated carbocycles. The normalized spacial score (nSPS) is 31.6. The number of hydrogen-bond donors (Lipinski definition) is 1. The molecule has 2 saturated heterocycles. The molecule has 0 bridgehead atoms. The van der Waals surface area contributed by atoms with Crippen molar-refractivity contribution < 1.29 is 81.2 Å². The largest absolute Gasteiger partial charge is 0.463 e. The standard InChI is InChI=1S/C27H40O17/c1-8-9-35-22-20(38-14(4)30)19(11-37-13(3)29)43-27(25(22)41-17(7)33)44-21-18(10-36-12(2)28)42-26(34)24(40-16(6)32)23(21)39-15(5)31/h18-27,34H,8-11H2,1-7H3/t18-,19-,20-,21-,22+,23+,24-,25-,26-,27-/m1/s1. The Kier molecular flexibility index (Phi) is 14.4. The van der Waals surface area contributed by atoms with E-state index in [9.17, 15) is 33.9 Å². The van der Waals surface area contributed by atoms with Crippen molar-refractivity contribution in [2.75, 3.05) is 19.8 Å². The predicted molar refractivity (Wildman–Crippen MR) is 140 cm³/mol. The highest BCUT2D eigenvalue weighted by Gasteiger charge is 2.56. The second kappa shape index (κ2) is 17.2. The number of carbonyl (C=O) groups is 6. The van der Waals surface area contributed by atoms with E-state index < -0.39 is 110 Å². The van der Waals surface area contributed by atoms with Gasteiger partial charge in [0, 0.05) is 48.1 Å². The van der Waals surface area contributed by atoms with Crippen LogP contribution in [0.15, 0.2) is 0 Å². The quantitative estimate of drug-likeness (QED) is 0.198. The van der Waals surface area contributed by atoms with Crippen LogP contribution in [-0.4, -0.2) is 122 Å². The molecule has 2 heterocycles. The molecule has 0 amide bonds. The van der Waals surface area contributed by atoms with Crippen molar-refractivity contribution >= 4 is 35.8 Å². The third-order valence-corrected chi connectivity index (χ3v) is 6.12. The van der Waals surface area contributed by atoms with Gasteiger partial charge >= 0.3 is 35.8 Å². The van der Waals surface area contributed by atoms with Gasteiger partial charge in [0.1, 0.15) is 37.6 Å². The third kappa shape index (κ3) is 11.0. The second-order valence-electron chi connectivity index (χ2n) is 9.95. The highest BCUT2D eigenvalue weighted by Crippen LogP contribution is 2.34. The number of carbonyl (C=O) groups excluding carboxylic acids is 6. The smallest absolute Gasteiger partial charge is 0.303 e. The molecule has 1 N–H and O–H groups in total. The molecule has 44 heavy (non-hydrogen) atoms. The van der Waals surface area contributed by atoms with Gasteiger partial charge in [-0.1, -0.05) is 6.92 Å². The zero-order valence-corrected chi connectivity index (χ0v) is 25.6. The van der Waals surface area contributed by atoms with Gasteiger partial charge in [0.15, 0.2) is 37.0 Å². The Morgan fingerprint density at radius 2 is 1.02 bits per heavy atom. The lowest BCUT2D eigenvalue weighted by atomic mass is 9.96. The van der Waals surface area contributed by atoms with Crippen LogP contribution in [0.1, 0.15) is 54.9 Å². The molecular formula is C27H40O17. The Labute approximate surface area is 253 Å². The first-order chi connectivity index (χ1) is 20.6. The molecule has 0 radical (unpaired) electrons. The molecule has 0 aromatic rings. The molecule has 17 nitrogen and oxygen atoms in total. The minimum atomic E-state index is -1.86. The van der Waals surface area contributed by atoms with Crippen LogP contribution in [0.4, 0.5) is 0 Å². The van der Waals surface area contributed by atoms with Crippen molar-refractivity contribution in [1.82, 2.24) is 0 Å². The molecule has 0 aromatic carbocycles. The van der Waals surface area contributed by atoms with Crippen molar-refractivity contribution in [3.63, 3.8) is 0 Å². The Bertz CT molecular complexity index is 1030. The second-order valence-corrected chi connectivity index (χ2v) is 9.95. The lowest BCUT2D eigenvalue weighted by Crippen LogP contribution is -2.67. The van der Waals surface area contributed by atoms with Gasteiger partial charge in [-0.2, -0.15) is 0 Å². The minimum absolute atomic E-state index is 0.103. The molecule has 2 fully saturated rings. The Hall–Kier alpha value is -3.38. The van der Waals surface area contributed by atoms with Crippen molar-refractivity contribution in [2.45, 2.75) is 116 Å². The summed E-state index contributed by atoms with van der Waals surface area (Å²) in [6.07, 6.45) is -14.3. The topological polar surface area (TPSA) is 215 Å². The molecular weight excluding hydrogens is 596 g/mol. The summed E-state index contributed by atoms with van der Waals surface area (Å²) < 4.78 is 55.5. The van der Waals surface area contributed by atoms with Gasteiger partial charge in [0.05, 0.1) is 0 Å². The zero-order chi connectivity index (χ0) is 33.1. The average molecular weight is 637 g/mol. The number of rotatable bonds is 13. The van der Waals surface area contributed by atoms with E-state index >= 15 is 0 Å². The summed E-state index contributed by atoms with van der Waals surface area (Å²) in [5.41, 5.74) is 0. The van der Waals surface area contributed by atoms with E-state index in [1.54, 1.807) is 6.92 Å². The van der Waals surface area contributed by atoms with E-state index in [1.807, 2.05) is 0 Å². The van der Waals surface area contributed by atoms with Crippen molar-refractivity contribution in [1.29, 1.82) is 0 Å². The molecule has 2 aliphatic rings. The Balaban J connectivity index is 2.64. The molecule has 0 aromatic heterocycles. The Morgan fingerprint density at radius 3 is 1.50 bits per heavy atom. The summed E-state index contributed by atoms with van der Waals surface area (Å²) >= 11 is 0. The first-order valence-corrected chi connectivity index (χ1v) is 13.9. The predicted octanol–water partition coefficient (Wildman–Crippen LogP) is -0.538. The minimum Gasteiger partial charge on any atom is -0.463 e. The fourth-order valence-electron chi connectivity index (χ4n) is 4.61. The number of ether oxygens (including phenoxy) is 10. The molecule has 10 atom stereocenters. The molecule has 2 aliphatic heterocycles. The number of aliphatic hydroxyl groups is 1. The van der Waals surface area contributed by atoms with E-state index in [0.717, 1.165) is 41.5 Å². The molecule has 0 aliphatic carbocycles. The molecule has 0 unspecified atom stereocenters. The lowest BCUT2D eigenvalue weighted by Gasteiger charge is -2.48. The van der Waals surface area contributed by atoms with Crippen LogP contribution in [0.3, 0.4) is 0 Å². The highest BCUT2D eigenvalue weighted by molar-refractivity contribution is 5.68. The molecule has 17 heteroatoms. The summed E-state index contributed by atoms with van der Waals surface area (Å²) in [4.78, 5) is 71.6. The van der Waals surface area contributed by atoms with Crippen LogP contribution < -0.4 is 0 Å². The van der Waals surface area contributed by atoms with E-state index in [-0.39, 0.29) is 6.61 Å². The fraction of sp³-hybridized carbons (Fsp3) is 0.778. The maximum Gasteiger partial charge on any atom is 0.303 e. The van der Waals surface area contributed by atoms with Crippen LogP contribution in [0.25, 0.3) is 0 Å². The van der Waals surface area contributed by atoms with Gasteiger partial charge in [0.2, 0.25) is 0 Å². The molecule has 0 spiro atoms. The van der Waals surface area contributed by atoms with Crippen LogP contribution in [-0.2, 0) is 76.1 Å². The van der Waals surface area contributed by atoms with Crippen molar-refractivity contribution in [3.05, 3.63) is 0 Å². The van der Waals surface area contributed by atoms with Gasteiger partial charge in [-0.3, -0.25) is 28.8 Å². The first-order valence-electron chi connectivity index (χ1n) is 13.9. The molecule has 250 valence electrons. The van der Waals surface area contributed by atoms with Crippen LogP contribution in [0.2, 0.25) is 0 Å². The number of hydrogen-bond acceptors (Lipinski definition) is 17. The number of esters is 6. The van der Waals surface area contributed by atoms with E-state index in [2.05, 4.69) is 0 Å². The zero-order valence-electron chi connectivity index (χ0n) is 25.6. The maximum absolute atomic E-state index is 12.3. The van der Waals surface area contributed by atoms with Gasteiger partial charge in [-0.25, -0.2) is 0 Å². The number of aliphatic hydroxyl groups excluding tert-OH is 1. The monoisotopic (exact) mass is 636 g/mol. The fourth-order valence-corrected chi connectivity index (χ4v) is 4.61. The summed E-state index contributed by atoms with van der Waals surface area (Å²) in [6, 6.07) is 0. The SMILES string of the molecule is CCCO[C@@H]1[C@@H](OC(C)=O)[C@@H](O[C@H]2[C@H](OC(C)=O)[C@@H](OC(C)=O)[C@H](O)O[C@@H]2COC(C)=O)O[C@H](COC(C)=O)[C@H]1OC(C)=O. The molecule has 2 rings (SSSR count). The highest BCUT2D eigenvalue weighted by atomic mass is 16.8. The summed E-state index contributed by atoms with van der Waals surface area (Å²) in [7, 11) is 0. The summed E-state index contributed by atoms with van der Waals surface area (Å²) in [6.45, 7) is 7.51. The van der Waals surface area contributed by atoms with Gasteiger partial charge in [-0.15, -0.1) is 0 Å². The summed E-state index contributed by atoms with van der Waals surface area (Å²) in [5.74, 6) is -4.69.